The number of nitrogens with zero attached hydrogens (tertiary/aromatic N) is 2. The Kier molecular flexibility index (Phi) is 10.2. The fraction of sp³-hybridized carbons (Fsp3) is 0.263. The molecule has 0 saturated heterocycles. The molecule has 27 heavy (non-hydrogen) atoms. The van der Waals surface area contributed by atoms with Gasteiger partial charge in [0.25, 0.3) is 5.91 Å². The van der Waals surface area contributed by atoms with Crippen LogP contribution in [0, 0.1) is 0 Å². The highest BCUT2D eigenvalue weighted by Gasteiger charge is 2.07. The van der Waals surface area contributed by atoms with Gasteiger partial charge in [0.2, 0.25) is 0 Å². The van der Waals surface area contributed by atoms with E-state index in [1.54, 1.807) is 13.1 Å². The fourth-order valence-corrected chi connectivity index (χ4v) is 2.67. The van der Waals surface area contributed by atoms with Gasteiger partial charge in [0.05, 0.1) is 0 Å². The van der Waals surface area contributed by atoms with Crippen LogP contribution in [-0.2, 0) is 17.9 Å². The van der Waals surface area contributed by atoms with Gasteiger partial charge in [-0.1, -0.05) is 40.2 Å². The van der Waals surface area contributed by atoms with Gasteiger partial charge >= 0.3 is 0 Å². The molecule has 3 N–H and O–H groups in total. The molecule has 0 atom stereocenters. The number of benzene rings is 2. The number of carbonyl (C=O) groups excluding carboxylic acids is 1. The van der Waals surface area contributed by atoms with Crippen LogP contribution in [0.2, 0.25) is 0 Å². The number of rotatable bonds is 7. The van der Waals surface area contributed by atoms with Gasteiger partial charge in [-0.05, 0) is 35.4 Å². The Morgan fingerprint density at radius 1 is 1.22 bits per heavy atom. The molecule has 0 aromatic heterocycles. The molecule has 0 saturated carbocycles. The molecule has 2 rings (SSSR count). The van der Waals surface area contributed by atoms with Crippen LogP contribution in [0.3, 0.4) is 0 Å². The van der Waals surface area contributed by atoms with Crippen LogP contribution in [0.4, 0.5) is 0 Å². The summed E-state index contributed by atoms with van der Waals surface area (Å²) in [4.78, 5) is 17.2. The monoisotopic (exact) mass is 546 g/mol. The van der Waals surface area contributed by atoms with E-state index < -0.39 is 5.91 Å². The third-order valence-electron chi connectivity index (χ3n) is 3.64. The van der Waals surface area contributed by atoms with Crippen molar-refractivity contribution in [3.8, 4) is 5.75 Å². The summed E-state index contributed by atoms with van der Waals surface area (Å²) in [6, 6.07) is 15.7. The van der Waals surface area contributed by atoms with Gasteiger partial charge in [-0.15, -0.1) is 24.0 Å². The first-order valence-electron chi connectivity index (χ1n) is 8.14. The zero-order chi connectivity index (χ0) is 18.9. The first-order chi connectivity index (χ1) is 12.5. The molecule has 1 amide bonds. The molecule has 6 nitrogen and oxygen atoms in total. The van der Waals surface area contributed by atoms with Crippen LogP contribution in [0.5, 0.6) is 5.75 Å². The van der Waals surface area contributed by atoms with E-state index in [9.17, 15) is 4.79 Å². The smallest absolute Gasteiger partial charge is 0.255 e. The number of hydrogen-bond acceptors (Lipinski definition) is 3. The van der Waals surface area contributed by atoms with E-state index in [1.165, 1.54) is 5.56 Å². The van der Waals surface area contributed by atoms with Crippen LogP contribution in [0.1, 0.15) is 11.1 Å². The fourth-order valence-electron chi connectivity index (χ4n) is 2.40. The molecule has 0 fully saturated rings. The quantitative estimate of drug-likeness (QED) is 0.318. The minimum Gasteiger partial charge on any atom is -0.484 e. The number of aliphatic imine (C=N–C) groups is 1. The van der Waals surface area contributed by atoms with Crippen molar-refractivity contribution >= 4 is 51.8 Å². The van der Waals surface area contributed by atoms with Gasteiger partial charge in [-0.2, -0.15) is 0 Å². The zero-order valence-corrected chi connectivity index (χ0v) is 19.2. The lowest BCUT2D eigenvalue weighted by molar-refractivity contribution is -0.119. The third kappa shape index (κ3) is 8.17. The maximum Gasteiger partial charge on any atom is 0.255 e. The number of primary amides is 1. The predicted octanol–water partition coefficient (Wildman–Crippen LogP) is 3.14. The summed E-state index contributed by atoms with van der Waals surface area (Å²) in [5, 5.41) is 3.33. The largest absolute Gasteiger partial charge is 0.484 e. The second-order valence-corrected chi connectivity index (χ2v) is 6.70. The van der Waals surface area contributed by atoms with E-state index in [0.29, 0.717) is 12.3 Å². The first kappa shape index (κ1) is 23.2. The third-order valence-corrected chi connectivity index (χ3v) is 4.17. The van der Waals surface area contributed by atoms with Gasteiger partial charge in [0, 0.05) is 31.7 Å². The molecule has 2 aromatic rings. The van der Waals surface area contributed by atoms with Gasteiger partial charge < -0.3 is 20.7 Å². The molecule has 0 aliphatic heterocycles. The highest BCUT2D eigenvalue weighted by atomic mass is 127. The summed E-state index contributed by atoms with van der Waals surface area (Å²) >= 11 is 3.44. The Morgan fingerprint density at radius 2 is 1.93 bits per heavy atom. The van der Waals surface area contributed by atoms with Crippen molar-refractivity contribution in [1.82, 2.24) is 10.2 Å². The van der Waals surface area contributed by atoms with Crippen molar-refractivity contribution in [2.75, 3.05) is 20.7 Å². The van der Waals surface area contributed by atoms with Crippen molar-refractivity contribution in [1.29, 1.82) is 0 Å². The summed E-state index contributed by atoms with van der Waals surface area (Å²) in [6.45, 7) is 1.20. The Bertz CT molecular complexity index is 769. The Hall–Kier alpha value is -1.81. The molecule has 2 aromatic carbocycles. The maximum absolute atomic E-state index is 10.8. The van der Waals surface area contributed by atoms with Crippen molar-refractivity contribution in [2.24, 2.45) is 10.7 Å². The number of nitrogens with one attached hydrogen (secondary N) is 1. The minimum atomic E-state index is -0.497. The number of ether oxygens (including phenoxy) is 1. The number of hydrogen-bond donors (Lipinski definition) is 2. The van der Waals surface area contributed by atoms with Crippen molar-refractivity contribution < 1.29 is 9.53 Å². The second-order valence-electron chi connectivity index (χ2n) is 5.79. The normalized spacial score (nSPS) is 10.7. The molecule has 0 aliphatic carbocycles. The average molecular weight is 547 g/mol. The first-order valence-corrected chi connectivity index (χ1v) is 8.93. The molecule has 0 aliphatic rings. The number of carbonyl (C=O) groups is 1. The number of amides is 1. The maximum atomic E-state index is 10.8. The molecule has 0 spiro atoms. The topological polar surface area (TPSA) is 80.0 Å². The van der Waals surface area contributed by atoms with Crippen LogP contribution in [0.25, 0.3) is 0 Å². The predicted molar refractivity (Wildman–Crippen MR) is 122 cm³/mol. The average Bonchev–Trinajstić information content (AvgIpc) is 2.63. The lowest BCUT2D eigenvalue weighted by Crippen LogP contribution is -2.38. The number of halogens is 2. The molecule has 8 heteroatoms. The van der Waals surface area contributed by atoms with Crippen molar-refractivity contribution in [2.45, 2.75) is 13.1 Å². The van der Waals surface area contributed by atoms with Crippen LogP contribution < -0.4 is 15.8 Å². The lowest BCUT2D eigenvalue weighted by Gasteiger charge is -2.22. The highest BCUT2D eigenvalue weighted by Crippen LogP contribution is 2.14. The molecule has 146 valence electrons. The zero-order valence-electron chi connectivity index (χ0n) is 15.3. The van der Waals surface area contributed by atoms with Crippen LogP contribution >= 0.6 is 39.9 Å². The molecular formula is C19H24BrIN4O2. The summed E-state index contributed by atoms with van der Waals surface area (Å²) in [7, 11) is 3.75. The van der Waals surface area contributed by atoms with E-state index in [0.717, 1.165) is 22.5 Å². The highest BCUT2D eigenvalue weighted by molar-refractivity contribution is 14.0. The summed E-state index contributed by atoms with van der Waals surface area (Å²) in [6.07, 6.45) is 0. The molecule has 0 radical (unpaired) electrons. The Morgan fingerprint density at radius 3 is 2.56 bits per heavy atom. The van der Waals surface area contributed by atoms with Gasteiger partial charge in [0.1, 0.15) is 5.75 Å². The number of nitrogens with two attached hydrogens (primary N) is 1. The van der Waals surface area contributed by atoms with E-state index in [2.05, 4.69) is 43.3 Å². The standard InChI is InChI=1S/C19H23BrN4O2.HI/c1-22-19(24(2)12-14-6-8-16(20)9-7-14)23-11-15-4-3-5-17(10-15)26-13-18(21)25;/h3-10H,11-13H2,1-2H3,(H2,21,25)(H,22,23);1H. The van der Waals surface area contributed by atoms with E-state index in [1.807, 2.05) is 37.4 Å². The van der Waals surface area contributed by atoms with Crippen LogP contribution in [0.15, 0.2) is 58.0 Å². The van der Waals surface area contributed by atoms with Gasteiger partial charge in [-0.25, -0.2) is 0 Å². The van der Waals surface area contributed by atoms with E-state index >= 15 is 0 Å². The Balaban J connectivity index is 0.00000364. The van der Waals surface area contributed by atoms with Gasteiger partial charge in [-0.3, -0.25) is 9.79 Å². The van der Waals surface area contributed by atoms with E-state index in [4.69, 9.17) is 10.5 Å². The summed E-state index contributed by atoms with van der Waals surface area (Å²) < 4.78 is 6.39. The van der Waals surface area contributed by atoms with Gasteiger partial charge in [0.15, 0.2) is 12.6 Å². The second kappa shape index (κ2) is 11.8. The van der Waals surface area contributed by atoms with Crippen molar-refractivity contribution in [3.05, 3.63) is 64.1 Å². The van der Waals surface area contributed by atoms with E-state index in [-0.39, 0.29) is 30.6 Å². The van der Waals surface area contributed by atoms with Crippen LogP contribution in [-0.4, -0.2) is 37.5 Å². The SMILES string of the molecule is CN=C(NCc1cccc(OCC(N)=O)c1)N(C)Cc1ccc(Br)cc1.I. The molecule has 0 heterocycles. The summed E-state index contributed by atoms with van der Waals surface area (Å²) in [5.41, 5.74) is 7.31. The minimum absolute atomic E-state index is 0. The molecule has 0 unspecified atom stereocenters. The van der Waals surface area contributed by atoms with Crippen molar-refractivity contribution in [3.63, 3.8) is 0 Å². The Labute approximate surface area is 185 Å². The molecular weight excluding hydrogens is 523 g/mol. The number of guanidine groups is 1. The lowest BCUT2D eigenvalue weighted by atomic mass is 10.2. The summed E-state index contributed by atoms with van der Waals surface area (Å²) in [5.74, 6) is 0.904. The molecule has 0 bridgehead atoms.